The fourth-order valence-corrected chi connectivity index (χ4v) is 5.47. The Bertz CT molecular complexity index is 686. The van der Waals surface area contributed by atoms with E-state index < -0.39 is 38.2 Å². The van der Waals surface area contributed by atoms with Crippen LogP contribution in [0.15, 0.2) is 0 Å². The van der Waals surface area contributed by atoms with Crippen molar-refractivity contribution in [3.63, 3.8) is 0 Å². The fraction of sp³-hybridized carbons (Fsp3) is 0.800. The summed E-state index contributed by atoms with van der Waals surface area (Å²) in [7, 11) is -5.99. The average molecular weight is 422 g/mol. The normalized spacial score (nSPS) is 25.9. The molecule has 0 aromatic heterocycles. The maximum atomic E-state index is 14.2. The summed E-state index contributed by atoms with van der Waals surface area (Å²) in [5, 5.41) is -9.96. The molecule has 0 aromatic rings. The summed E-state index contributed by atoms with van der Waals surface area (Å²) >= 11 is -1.08. The maximum absolute atomic E-state index is 14.2. The molecule has 1 aliphatic carbocycles. The lowest BCUT2D eigenvalue weighted by Gasteiger charge is -2.42. The maximum Gasteiger partial charge on any atom is 0.428 e. The molecule has 0 radical (unpaired) electrons. The molecule has 2 unspecified atom stereocenters. The van der Waals surface area contributed by atoms with Gasteiger partial charge in [-0.15, -0.1) is 11.8 Å². The van der Waals surface area contributed by atoms with E-state index in [4.69, 9.17) is 0 Å². The van der Waals surface area contributed by atoms with Crippen molar-refractivity contribution < 1.29 is 34.8 Å². The zero-order valence-corrected chi connectivity index (χ0v) is 15.3. The topological polar surface area (TPSA) is 37.4 Å². The van der Waals surface area contributed by atoms with Crippen molar-refractivity contribution in [3.8, 4) is 11.2 Å². The second-order valence-corrected chi connectivity index (χ2v) is 9.35. The van der Waals surface area contributed by atoms with E-state index >= 15 is 0 Å². The molecular formula is C15H18F6NO2S2-. The van der Waals surface area contributed by atoms with Gasteiger partial charge in [0.2, 0.25) is 0 Å². The third-order valence-electron chi connectivity index (χ3n) is 4.90. The largest absolute Gasteiger partial charge is 0.428 e. The van der Waals surface area contributed by atoms with E-state index in [0.29, 0.717) is 6.42 Å². The van der Waals surface area contributed by atoms with Gasteiger partial charge in [0.25, 0.3) is 10.0 Å². The van der Waals surface area contributed by atoms with Crippen LogP contribution in [0.4, 0.5) is 26.3 Å². The van der Waals surface area contributed by atoms with Crippen LogP contribution in [0.2, 0.25) is 0 Å². The molecule has 1 saturated carbocycles. The van der Waals surface area contributed by atoms with Crippen LogP contribution in [0, 0.1) is 29.9 Å². The van der Waals surface area contributed by atoms with Gasteiger partial charge in [0.15, 0.2) is 0 Å². The monoisotopic (exact) mass is 422 g/mol. The number of thioether (sulfide) groups is 1. The van der Waals surface area contributed by atoms with Crippen molar-refractivity contribution >= 4 is 21.8 Å². The summed E-state index contributed by atoms with van der Waals surface area (Å²) in [5.41, 5.74) is 0. The Balaban J connectivity index is 2.28. The Morgan fingerprint density at radius 1 is 1.00 bits per heavy atom. The number of hydrogen-bond donors (Lipinski definition) is 0. The smallest absolute Gasteiger partial charge is 0.286 e. The summed E-state index contributed by atoms with van der Waals surface area (Å²) in [6.45, 7) is 2.09. The molecule has 2 atom stereocenters. The highest BCUT2D eigenvalue weighted by molar-refractivity contribution is 8.05. The molecule has 150 valence electrons. The minimum Gasteiger partial charge on any atom is -0.286 e. The molecular weight excluding hydrogens is 404 g/mol. The number of sulfonamides is 1. The molecule has 2 aliphatic rings. The standard InChI is InChI=1S/C15H18F6NO2S2/c1-2-9-25-14(18,19)13(16,17)15(20,21)26(23,24)22-8-7-11-5-3-4-6-12(11)10-22/h11-12H,1,3-8,10H2/q-1. The van der Waals surface area contributed by atoms with Crippen molar-refractivity contribution in [2.24, 2.45) is 11.8 Å². The summed E-state index contributed by atoms with van der Waals surface area (Å²) in [5.74, 6) is -4.59. The molecule has 0 bridgehead atoms. The summed E-state index contributed by atoms with van der Waals surface area (Å²) in [4.78, 5) is 0. The number of hydrogen-bond acceptors (Lipinski definition) is 3. The van der Waals surface area contributed by atoms with Crippen molar-refractivity contribution in [3.05, 3.63) is 6.92 Å². The zero-order chi connectivity index (χ0) is 19.8. The number of nitrogens with zero attached hydrogens (tertiary/aromatic N) is 1. The SMILES string of the molecule is [CH2-]C#CSC(F)(F)C(F)(F)C(F)(F)S(=O)(=O)N1CCC2CCCCC2C1. The Labute approximate surface area is 152 Å². The van der Waals surface area contributed by atoms with Gasteiger partial charge in [-0.3, -0.25) is 11.2 Å². The molecule has 0 spiro atoms. The van der Waals surface area contributed by atoms with Gasteiger partial charge in [0.05, 0.1) is 0 Å². The second kappa shape index (κ2) is 7.36. The van der Waals surface area contributed by atoms with Gasteiger partial charge in [0, 0.05) is 13.1 Å². The van der Waals surface area contributed by atoms with Gasteiger partial charge >= 0.3 is 16.4 Å². The van der Waals surface area contributed by atoms with Gasteiger partial charge in [0.1, 0.15) is 0 Å². The van der Waals surface area contributed by atoms with Crippen LogP contribution in [-0.4, -0.2) is 42.2 Å². The quantitative estimate of drug-likeness (QED) is 0.379. The molecule has 2 rings (SSSR count). The van der Waals surface area contributed by atoms with Crippen molar-refractivity contribution in [1.82, 2.24) is 4.31 Å². The third kappa shape index (κ3) is 3.52. The van der Waals surface area contributed by atoms with E-state index in [2.05, 4.69) is 6.92 Å². The predicted octanol–water partition coefficient (Wildman–Crippen LogP) is 4.18. The van der Waals surface area contributed by atoms with Crippen LogP contribution in [-0.2, 0) is 10.0 Å². The molecule has 26 heavy (non-hydrogen) atoms. The van der Waals surface area contributed by atoms with Crippen molar-refractivity contribution in [2.45, 2.75) is 48.5 Å². The third-order valence-corrected chi connectivity index (χ3v) is 7.58. The van der Waals surface area contributed by atoms with Crippen molar-refractivity contribution in [2.75, 3.05) is 13.1 Å². The van der Waals surface area contributed by atoms with Crippen LogP contribution in [0.3, 0.4) is 0 Å². The van der Waals surface area contributed by atoms with Crippen LogP contribution in [0.1, 0.15) is 32.1 Å². The summed E-state index contributed by atoms with van der Waals surface area (Å²) < 4.78 is 108. The Kier molecular flexibility index (Phi) is 6.10. The first-order valence-corrected chi connectivity index (χ1v) is 10.2. The van der Waals surface area contributed by atoms with Gasteiger partial charge in [-0.2, -0.15) is 37.6 Å². The van der Waals surface area contributed by atoms with Crippen molar-refractivity contribution in [1.29, 1.82) is 0 Å². The molecule has 0 amide bonds. The van der Waals surface area contributed by atoms with Crippen LogP contribution >= 0.6 is 11.8 Å². The highest BCUT2D eigenvalue weighted by Crippen LogP contribution is 2.54. The lowest BCUT2D eigenvalue weighted by Crippen LogP contribution is -2.61. The lowest BCUT2D eigenvalue weighted by molar-refractivity contribution is -0.241. The van der Waals surface area contributed by atoms with E-state index in [1.54, 1.807) is 5.92 Å². The highest BCUT2D eigenvalue weighted by atomic mass is 32.2. The summed E-state index contributed by atoms with van der Waals surface area (Å²) in [6.07, 6.45) is 3.41. The lowest BCUT2D eigenvalue weighted by atomic mass is 9.76. The highest BCUT2D eigenvalue weighted by Gasteiger charge is 2.78. The van der Waals surface area contributed by atoms with Crippen LogP contribution in [0.5, 0.6) is 0 Å². The van der Waals surface area contributed by atoms with Gasteiger partial charge in [-0.05, 0) is 24.7 Å². The van der Waals surface area contributed by atoms with Gasteiger partial charge < -0.3 is 0 Å². The summed E-state index contributed by atoms with van der Waals surface area (Å²) in [6, 6.07) is 0. The molecule has 0 N–H and O–H groups in total. The van der Waals surface area contributed by atoms with Gasteiger partial charge in [-0.25, -0.2) is 8.42 Å². The minimum atomic E-state index is -6.14. The Morgan fingerprint density at radius 3 is 2.15 bits per heavy atom. The van der Waals surface area contributed by atoms with E-state index in [1.807, 2.05) is 0 Å². The minimum absolute atomic E-state index is 0.147. The van der Waals surface area contributed by atoms with E-state index in [0.717, 1.165) is 19.3 Å². The molecule has 2 fully saturated rings. The van der Waals surface area contributed by atoms with Crippen LogP contribution < -0.4 is 0 Å². The molecule has 0 aromatic carbocycles. The first-order valence-electron chi connectivity index (χ1n) is 7.96. The molecule has 11 heteroatoms. The van der Waals surface area contributed by atoms with E-state index in [-0.39, 0.29) is 35.7 Å². The number of halogens is 6. The van der Waals surface area contributed by atoms with Gasteiger partial charge in [-0.1, -0.05) is 19.3 Å². The number of fused-ring (bicyclic) bond motifs is 1. The first-order chi connectivity index (χ1) is 11.9. The fourth-order valence-electron chi connectivity index (χ4n) is 3.44. The molecule has 1 aliphatic heterocycles. The van der Waals surface area contributed by atoms with Crippen LogP contribution in [0.25, 0.3) is 0 Å². The molecule has 3 nitrogen and oxygen atoms in total. The van der Waals surface area contributed by atoms with E-state index in [9.17, 15) is 34.8 Å². The Hall–Kier alpha value is -0.730. The predicted molar refractivity (Wildman–Crippen MR) is 86.1 cm³/mol. The second-order valence-electron chi connectivity index (χ2n) is 6.45. The number of rotatable bonds is 5. The average Bonchev–Trinajstić information content (AvgIpc) is 2.59. The number of alkyl halides is 6. The van der Waals surface area contributed by atoms with E-state index in [1.165, 1.54) is 5.25 Å². The first kappa shape index (κ1) is 21.6. The Morgan fingerprint density at radius 2 is 1.58 bits per heavy atom. The molecule has 1 heterocycles. The number of piperidine rings is 1. The molecule has 1 saturated heterocycles. The zero-order valence-electron chi connectivity index (χ0n) is 13.7.